The van der Waals surface area contributed by atoms with E-state index in [0.29, 0.717) is 11.1 Å². The number of rotatable bonds is 4. The van der Waals surface area contributed by atoms with Crippen LogP contribution >= 0.6 is 0 Å². The zero-order valence-electron chi connectivity index (χ0n) is 13.9. The van der Waals surface area contributed by atoms with Crippen LogP contribution in [0, 0.1) is 11.3 Å². The molecule has 6 N–H and O–H groups in total. The molecule has 1 aliphatic heterocycles. The molecule has 1 amide bonds. The number of carbonyl (C=O) groups is 1. The number of aliphatic hydroxyl groups is 1. The number of nitrogens with two attached hydrogens (primary N) is 1. The highest BCUT2D eigenvalue weighted by molar-refractivity contribution is 5.74. The summed E-state index contributed by atoms with van der Waals surface area (Å²) in [5.41, 5.74) is 7.68. The van der Waals surface area contributed by atoms with Gasteiger partial charge in [-0.3, -0.25) is 10.3 Å². The lowest BCUT2D eigenvalue weighted by molar-refractivity contribution is 0.171. The molecule has 8 nitrogen and oxygen atoms in total. The van der Waals surface area contributed by atoms with Crippen LogP contribution < -0.4 is 16.4 Å². The highest BCUT2D eigenvalue weighted by Gasteiger charge is 2.46. The van der Waals surface area contributed by atoms with E-state index in [0.717, 1.165) is 11.1 Å². The van der Waals surface area contributed by atoms with Crippen LogP contribution in [0.25, 0.3) is 11.1 Å². The van der Waals surface area contributed by atoms with Crippen LogP contribution in [0.5, 0.6) is 0 Å². The van der Waals surface area contributed by atoms with Gasteiger partial charge < -0.3 is 21.3 Å². The first kappa shape index (κ1) is 17.8. The maximum atomic E-state index is 11.0. The van der Waals surface area contributed by atoms with Crippen LogP contribution in [0.4, 0.5) is 4.79 Å². The Morgan fingerprint density at radius 2 is 2.19 bits per heavy atom. The Labute approximate surface area is 150 Å². The Morgan fingerprint density at radius 1 is 1.42 bits per heavy atom. The number of carboxylic acid groups (broad SMARTS) is 1. The van der Waals surface area contributed by atoms with Crippen LogP contribution in [0.2, 0.25) is 0 Å². The molecule has 3 unspecified atom stereocenters. The summed E-state index contributed by atoms with van der Waals surface area (Å²) in [7, 11) is 0. The van der Waals surface area contributed by atoms with E-state index in [-0.39, 0.29) is 13.0 Å². The molecule has 1 saturated heterocycles. The molecule has 0 spiro atoms. The van der Waals surface area contributed by atoms with E-state index < -0.39 is 23.8 Å². The van der Waals surface area contributed by atoms with Crippen LogP contribution in [0.1, 0.15) is 17.5 Å². The molecule has 8 heteroatoms. The lowest BCUT2D eigenvalue weighted by Crippen LogP contribution is -2.50. The average molecular weight is 353 g/mol. The Balaban J connectivity index is 2.09. The summed E-state index contributed by atoms with van der Waals surface area (Å²) in [6, 6.07) is 10.6. The first-order valence-electron chi connectivity index (χ1n) is 8.08. The zero-order valence-corrected chi connectivity index (χ0v) is 13.9. The van der Waals surface area contributed by atoms with Gasteiger partial charge in [0.15, 0.2) is 0 Å². The van der Waals surface area contributed by atoms with Gasteiger partial charge in [-0.05, 0) is 23.6 Å². The maximum absolute atomic E-state index is 11.0. The van der Waals surface area contributed by atoms with E-state index in [2.05, 4.69) is 21.7 Å². The number of hydrogen-bond donors (Lipinski definition) is 5. The van der Waals surface area contributed by atoms with Crippen molar-refractivity contribution < 1.29 is 15.0 Å². The Bertz CT molecular complexity index is 866. The molecule has 26 heavy (non-hydrogen) atoms. The Morgan fingerprint density at radius 3 is 2.88 bits per heavy atom. The molecule has 3 atom stereocenters. The molecule has 0 aliphatic carbocycles. The highest BCUT2D eigenvalue weighted by atomic mass is 16.4. The maximum Gasteiger partial charge on any atom is 0.404 e. The standard InChI is InChI=1S/C18H19N5O3/c19-8-11-5-6-21-9-13(11)12-3-1-2-4-14(12)18(10-24)7-15(16(20)23-18)22-17(25)26/h1-6,9,15-16,22-24H,7,10,20H2,(H,25,26). The molecule has 1 aliphatic rings. The van der Waals surface area contributed by atoms with Crippen molar-refractivity contribution in [2.75, 3.05) is 6.61 Å². The van der Waals surface area contributed by atoms with Gasteiger partial charge in [0, 0.05) is 18.0 Å². The minimum Gasteiger partial charge on any atom is -0.465 e. The molecule has 0 saturated carbocycles. The SMILES string of the molecule is N#Cc1ccncc1-c1ccccc1C1(CO)CC(NC(=O)O)C(N)N1. The highest BCUT2D eigenvalue weighted by Crippen LogP contribution is 2.39. The van der Waals surface area contributed by atoms with Gasteiger partial charge in [0.1, 0.15) is 0 Å². The summed E-state index contributed by atoms with van der Waals surface area (Å²) in [4.78, 5) is 15.1. The van der Waals surface area contributed by atoms with Gasteiger partial charge in [-0.2, -0.15) is 5.26 Å². The molecule has 3 rings (SSSR count). The van der Waals surface area contributed by atoms with Crippen LogP contribution in [0.3, 0.4) is 0 Å². The summed E-state index contributed by atoms with van der Waals surface area (Å²) in [5.74, 6) is 0. The molecular weight excluding hydrogens is 334 g/mol. The van der Waals surface area contributed by atoms with E-state index in [1.165, 1.54) is 0 Å². The minimum atomic E-state index is -1.17. The Kier molecular flexibility index (Phi) is 4.86. The van der Waals surface area contributed by atoms with E-state index in [1.54, 1.807) is 18.5 Å². The largest absolute Gasteiger partial charge is 0.465 e. The van der Waals surface area contributed by atoms with Gasteiger partial charge in [-0.25, -0.2) is 4.79 Å². The fourth-order valence-corrected chi connectivity index (χ4v) is 3.51. The summed E-state index contributed by atoms with van der Waals surface area (Å²) < 4.78 is 0. The number of nitrogens with one attached hydrogen (secondary N) is 2. The van der Waals surface area contributed by atoms with Crippen molar-refractivity contribution in [2.24, 2.45) is 5.73 Å². The average Bonchev–Trinajstić information content (AvgIpc) is 2.98. The predicted octanol–water partition coefficient (Wildman–Crippen LogP) is 0.722. The molecule has 1 fully saturated rings. The van der Waals surface area contributed by atoms with Crippen LogP contribution in [-0.4, -0.2) is 40.1 Å². The second-order valence-electron chi connectivity index (χ2n) is 6.25. The van der Waals surface area contributed by atoms with Crippen molar-refractivity contribution in [3.63, 3.8) is 0 Å². The third kappa shape index (κ3) is 3.11. The van der Waals surface area contributed by atoms with Crippen molar-refractivity contribution >= 4 is 6.09 Å². The van der Waals surface area contributed by atoms with E-state index in [1.807, 2.05) is 24.3 Å². The Hall–Kier alpha value is -2.99. The number of hydrogen-bond acceptors (Lipinski definition) is 6. The molecule has 2 aromatic rings. The minimum absolute atomic E-state index is 0.274. The van der Waals surface area contributed by atoms with Gasteiger partial charge in [0.05, 0.1) is 36.0 Å². The fourth-order valence-electron chi connectivity index (χ4n) is 3.51. The first-order valence-corrected chi connectivity index (χ1v) is 8.08. The monoisotopic (exact) mass is 353 g/mol. The number of benzene rings is 1. The van der Waals surface area contributed by atoms with Crippen LogP contribution in [-0.2, 0) is 5.54 Å². The first-order chi connectivity index (χ1) is 12.5. The second-order valence-corrected chi connectivity index (χ2v) is 6.25. The lowest BCUT2D eigenvalue weighted by Gasteiger charge is -2.30. The normalized spacial score (nSPS) is 24.8. The number of pyridine rings is 1. The van der Waals surface area contributed by atoms with Crippen molar-refractivity contribution in [1.82, 2.24) is 15.6 Å². The zero-order chi connectivity index (χ0) is 18.7. The number of amides is 1. The molecule has 134 valence electrons. The van der Waals surface area contributed by atoms with Gasteiger partial charge in [-0.1, -0.05) is 24.3 Å². The topological polar surface area (TPSA) is 144 Å². The quantitative estimate of drug-likeness (QED) is 0.545. The number of aliphatic hydroxyl groups excluding tert-OH is 1. The summed E-state index contributed by atoms with van der Waals surface area (Å²) in [6.45, 7) is -0.280. The van der Waals surface area contributed by atoms with Crippen molar-refractivity contribution in [1.29, 1.82) is 5.26 Å². The van der Waals surface area contributed by atoms with E-state index in [4.69, 9.17) is 10.8 Å². The lowest BCUT2D eigenvalue weighted by atomic mass is 9.82. The summed E-state index contributed by atoms with van der Waals surface area (Å²) >= 11 is 0. The van der Waals surface area contributed by atoms with Crippen molar-refractivity contribution in [3.05, 3.63) is 53.9 Å². The molecule has 1 aromatic heterocycles. The molecule has 1 aromatic carbocycles. The number of nitrogens with zero attached hydrogens (tertiary/aromatic N) is 2. The predicted molar refractivity (Wildman–Crippen MR) is 93.8 cm³/mol. The fraction of sp³-hybridized carbons (Fsp3) is 0.278. The smallest absolute Gasteiger partial charge is 0.404 e. The van der Waals surface area contributed by atoms with Gasteiger partial charge in [0.25, 0.3) is 0 Å². The molecule has 0 bridgehead atoms. The van der Waals surface area contributed by atoms with Crippen molar-refractivity contribution in [2.45, 2.75) is 24.2 Å². The van der Waals surface area contributed by atoms with Crippen molar-refractivity contribution in [3.8, 4) is 17.2 Å². The van der Waals surface area contributed by atoms with Gasteiger partial charge in [0.2, 0.25) is 0 Å². The second kappa shape index (κ2) is 7.09. The molecule has 0 radical (unpaired) electrons. The molecular formula is C18H19N5O3. The van der Waals surface area contributed by atoms with Gasteiger partial charge in [-0.15, -0.1) is 0 Å². The third-order valence-corrected chi connectivity index (χ3v) is 4.70. The summed E-state index contributed by atoms with van der Waals surface area (Å²) in [5, 5.41) is 34.1. The van der Waals surface area contributed by atoms with Gasteiger partial charge >= 0.3 is 6.09 Å². The van der Waals surface area contributed by atoms with E-state index >= 15 is 0 Å². The number of nitriles is 1. The molecule has 2 heterocycles. The summed E-state index contributed by atoms with van der Waals surface area (Å²) in [6.07, 6.45) is 1.59. The third-order valence-electron chi connectivity index (χ3n) is 4.70. The van der Waals surface area contributed by atoms with E-state index in [9.17, 15) is 15.2 Å². The van der Waals surface area contributed by atoms with Crippen LogP contribution in [0.15, 0.2) is 42.7 Å². The number of aromatic nitrogens is 1.